The van der Waals surface area contributed by atoms with Crippen LogP contribution < -0.4 is 10.1 Å². The molecule has 2 heterocycles. The fourth-order valence-electron chi connectivity index (χ4n) is 6.86. The van der Waals surface area contributed by atoms with Gasteiger partial charge in [0.25, 0.3) is 0 Å². The molecular weight excluding hydrogens is 640 g/mol. The summed E-state index contributed by atoms with van der Waals surface area (Å²) in [5.41, 5.74) is 2.28. The van der Waals surface area contributed by atoms with Gasteiger partial charge in [0, 0.05) is 53.4 Å². The van der Waals surface area contributed by atoms with Gasteiger partial charge in [-0.3, -0.25) is 14.6 Å². The van der Waals surface area contributed by atoms with Gasteiger partial charge in [0.05, 0.1) is 19.8 Å². The summed E-state index contributed by atoms with van der Waals surface area (Å²) < 4.78 is 27.2. The van der Waals surface area contributed by atoms with E-state index in [9.17, 15) is 9.59 Å². The number of nitrogens with one attached hydrogen (secondary N) is 1. The Bertz CT molecular complexity index is 1710. The number of likely N-dealkylation sites (tertiary alicyclic amines) is 1. The van der Waals surface area contributed by atoms with Crippen LogP contribution in [0.5, 0.6) is 5.75 Å². The highest BCUT2D eigenvalue weighted by atomic mass is 35.5. The second-order valence-corrected chi connectivity index (χ2v) is 12.7. The number of carbonyl (C=O) groups excluding carboxylic acids is 2. The number of hydrogen-bond donors (Lipinski definition) is 1. The van der Waals surface area contributed by atoms with E-state index in [4.69, 9.17) is 32.7 Å². The van der Waals surface area contributed by atoms with E-state index >= 15 is 4.39 Å². The zero-order chi connectivity index (χ0) is 33.7. The minimum Gasteiger partial charge on any atom is -0.497 e. The van der Waals surface area contributed by atoms with Gasteiger partial charge in [0.1, 0.15) is 17.1 Å². The number of allylic oxidation sites excluding steroid dienone is 4. The highest BCUT2D eigenvalue weighted by Crippen LogP contribution is 2.56. The van der Waals surface area contributed by atoms with Crippen molar-refractivity contribution in [2.45, 2.75) is 25.6 Å². The predicted molar refractivity (Wildman–Crippen MR) is 184 cm³/mol. The summed E-state index contributed by atoms with van der Waals surface area (Å²) in [6, 6.07) is 20.2. The van der Waals surface area contributed by atoms with Crippen molar-refractivity contribution in [1.82, 2.24) is 9.80 Å². The Morgan fingerprint density at radius 2 is 1.91 bits per heavy atom. The highest BCUT2D eigenvalue weighted by Gasteiger charge is 2.64. The number of esters is 1. The molecule has 10 heteroatoms. The minimum atomic E-state index is -1.36. The van der Waals surface area contributed by atoms with E-state index in [1.54, 1.807) is 31.4 Å². The van der Waals surface area contributed by atoms with Crippen molar-refractivity contribution >= 4 is 40.8 Å². The van der Waals surface area contributed by atoms with Crippen LogP contribution in [0.25, 0.3) is 0 Å². The maximum Gasteiger partial charge on any atom is 0.337 e. The topological polar surface area (TPSA) is 71.1 Å². The third kappa shape index (κ3) is 7.16. The number of methoxy groups -OCH3 is 2. The first-order valence-electron chi connectivity index (χ1n) is 15.4. The molecule has 1 N–H and O–H groups in total. The number of hydrogen-bond acceptors (Lipinski definition) is 6. The van der Waals surface area contributed by atoms with Crippen LogP contribution in [0, 0.1) is 11.8 Å². The number of fused-ring (bicyclic) bond motifs is 2. The van der Waals surface area contributed by atoms with Gasteiger partial charge in [-0.05, 0) is 72.1 Å². The van der Waals surface area contributed by atoms with E-state index in [0.29, 0.717) is 60.3 Å². The summed E-state index contributed by atoms with van der Waals surface area (Å²) in [4.78, 5) is 30.6. The lowest BCUT2D eigenvalue weighted by Gasteiger charge is -2.38. The Morgan fingerprint density at radius 3 is 2.60 bits per heavy atom. The van der Waals surface area contributed by atoms with Crippen molar-refractivity contribution in [1.29, 1.82) is 0 Å². The number of nitrogens with zero attached hydrogens (tertiary/aromatic N) is 2. The van der Waals surface area contributed by atoms with Crippen molar-refractivity contribution in [3.63, 3.8) is 0 Å². The normalized spacial score (nSPS) is 21.0. The second-order valence-electron chi connectivity index (χ2n) is 11.8. The third-order valence-electron chi connectivity index (χ3n) is 8.92. The van der Waals surface area contributed by atoms with Gasteiger partial charge in [-0.15, -0.1) is 0 Å². The van der Waals surface area contributed by atoms with Crippen molar-refractivity contribution in [2.75, 3.05) is 39.2 Å². The lowest BCUT2D eigenvalue weighted by Crippen LogP contribution is -2.50. The first-order valence-corrected chi connectivity index (χ1v) is 16.1. The molecule has 3 atom stereocenters. The number of amides is 1. The monoisotopic (exact) mass is 677 g/mol. The number of halogens is 3. The SMILES string of the molecule is C=C(Cl)/C=C\C=C(/F)C1[C@H](CN(CC)Cc2ccc(C(=O)OC)cc2)CN(Cc2cccc(OC)c2)[C@@]12C(=O)Nc1cc(Cl)ccc12. The molecule has 0 radical (unpaired) electrons. The van der Waals surface area contributed by atoms with Gasteiger partial charge in [-0.25, -0.2) is 9.18 Å². The minimum absolute atomic E-state index is 0.264. The van der Waals surface area contributed by atoms with E-state index in [1.807, 2.05) is 42.5 Å². The maximum atomic E-state index is 16.8. The smallest absolute Gasteiger partial charge is 0.337 e. The van der Waals surface area contributed by atoms with Gasteiger partial charge >= 0.3 is 5.97 Å². The quantitative estimate of drug-likeness (QED) is 0.156. The number of rotatable bonds is 12. The van der Waals surface area contributed by atoms with Crippen LogP contribution >= 0.6 is 23.2 Å². The number of ether oxygens (including phenoxy) is 2. The van der Waals surface area contributed by atoms with Gasteiger partial charge in [0.15, 0.2) is 0 Å². The van der Waals surface area contributed by atoms with E-state index in [1.165, 1.54) is 25.3 Å². The van der Waals surface area contributed by atoms with Crippen LogP contribution in [0.3, 0.4) is 0 Å². The van der Waals surface area contributed by atoms with Gasteiger partial charge in [-0.1, -0.05) is 73.1 Å². The van der Waals surface area contributed by atoms with Crippen LogP contribution in [-0.2, 0) is 28.2 Å². The third-order valence-corrected chi connectivity index (χ3v) is 9.28. The fourth-order valence-corrected chi connectivity index (χ4v) is 7.11. The maximum absolute atomic E-state index is 16.8. The van der Waals surface area contributed by atoms with Crippen LogP contribution in [-0.4, -0.2) is 55.5 Å². The lowest BCUT2D eigenvalue weighted by atomic mass is 9.74. The number of anilines is 1. The molecule has 1 spiro atoms. The van der Waals surface area contributed by atoms with Gasteiger partial charge in [0.2, 0.25) is 5.91 Å². The fraction of sp³-hybridized carbons (Fsp3) is 0.297. The average Bonchev–Trinajstić information content (AvgIpc) is 3.53. The molecule has 0 bridgehead atoms. The van der Waals surface area contributed by atoms with Crippen molar-refractivity contribution in [2.24, 2.45) is 11.8 Å². The molecule has 7 nitrogen and oxygen atoms in total. The zero-order valence-electron chi connectivity index (χ0n) is 26.6. The summed E-state index contributed by atoms with van der Waals surface area (Å²) in [6.07, 6.45) is 4.42. The molecule has 5 rings (SSSR count). The van der Waals surface area contributed by atoms with Crippen LogP contribution in [0.1, 0.15) is 34.0 Å². The second kappa shape index (κ2) is 14.9. The Balaban J connectivity index is 1.58. The molecule has 1 unspecified atom stereocenters. The predicted octanol–water partition coefficient (Wildman–Crippen LogP) is 7.72. The average molecular weight is 679 g/mol. The number of benzene rings is 3. The van der Waals surface area contributed by atoms with E-state index in [0.717, 1.165) is 11.1 Å². The van der Waals surface area contributed by atoms with E-state index in [2.05, 4.69) is 28.6 Å². The van der Waals surface area contributed by atoms with Crippen molar-refractivity contribution in [3.8, 4) is 5.75 Å². The molecule has 3 aromatic rings. The molecule has 0 aliphatic carbocycles. The van der Waals surface area contributed by atoms with Crippen LogP contribution in [0.2, 0.25) is 5.02 Å². The van der Waals surface area contributed by atoms with E-state index in [-0.39, 0.29) is 16.9 Å². The highest BCUT2D eigenvalue weighted by molar-refractivity contribution is 6.31. The molecular formula is C37H38Cl2FN3O4. The molecule has 1 saturated heterocycles. The Morgan fingerprint density at radius 1 is 1.15 bits per heavy atom. The Kier molecular flexibility index (Phi) is 10.9. The number of carbonyl (C=O) groups is 2. The molecule has 47 heavy (non-hydrogen) atoms. The van der Waals surface area contributed by atoms with Crippen molar-refractivity contribution in [3.05, 3.63) is 130 Å². The summed E-state index contributed by atoms with van der Waals surface area (Å²) >= 11 is 12.3. The standard InChI is InChI=1S/C37H38Cl2FN3O4/c1-5-42(20-25-12-14-27(15-13-25)35(44)47-4)22-28-23-43(21-26-9-7-10-30(18-26)46-3)37(34(28)32(40)11-6-8-24(2)38)31-17-16-29(39)19-33(31)41-36(37)45/h6-19,28,34H,2,5,20-23H2,1,3-4H3,(H,41,45)/b8-6-,32-11-/t28-,34?,37-/m1/s1. The summed E-state index contributed by atoms with van der Waals surface area (Å²) in [7, 11) is 2.96. The zero-order valence-corrected chi connectivity index (χ0v) is 28.2. The Labute approximate surface area is 285 Å². The van der Waals surface area contributed by atoms with E-state index < -0.39 is 23.3 Å². The molecule has 0 saturated carbocycles. The molecule has 2 aliphatic heterocycles. The van der Waals surface area contributed by atoms with Crippen LogP contribution in [0.15, 0.2) is 102 Å². The molecule has 3 aromatic carbocycles. The largest absolute Gasteiger partial charge is 0.497 e. The van der Waals surface area contributed by atoms with Gasteiger partial charge < -0.3 is 14.8 Å². The van der Waals surface area contributed by atoms with Crippen LogP contribution in [0.4, 0.5) is 10.1 Å². The molecule has 246 valence electrons. The summed E-state index contributed by atoms with van der Waals surface area (Å²) in [6.45, 7) is 8.28. The first kappa shape index (κ1) is 34.4. The summed E-state index contributed by atoms with van der Waals surface area (Å²) in [5, 5.41) is 3.76. The first-order chi connectivity index (χ1) is 22.6. The van der Waals surface area contributed by atoms with Gasteiger partial charge in [-0.2, -0.15) is 0 Å². The molecule has 1 fully saturated rings. The molecule has 1 amide bonds. The van der Waals surface area contributed by atoms with Crippen molar-refractivity contribution < 1.29 is 23.5 Å². The summed E-state index contributed by atoms with van der Waals surface area (Å²) in [5.74, 6) is -1.59. The Hall–Kier alpha value is -3.95. The molecule has 2 aliphatic rings. The molecule has 0 aromatic heterocycles. The lowest BCUT2D eigenvalue weighted by molar-refractivity contribution is -0.128.